The van der Waals surface area contributed by atoms with Crippen LogP contribution in [-0.4, -0.2) is 23.0 Å². The van der Waals surface area contributed by atoms with Gasteiger partial charge in [-0.2, -0.15) is 0 Å². The second-order valence-electron chi connectivity index (χ2n) is 6.49. The van der Waals surface area contributed by atoms with Crippen molar-refractivity contribution >= 4 is 34.8 Å². The fraction of sp³-hybridized carbons (Fsp3) is 0.471. The first-order valence-electron chi connectivity index (χ1n) is 7.67. The molecule has 0 heterocycles. The van der Waals surface area contributed by atoms with E-state index in [1.807, 2.05) is 13.8 Å². The van der Waals surface area contributed by atoms with E-state index in [2.05, 4.69) is 16.0 Å². The molecule has 1 aromatic rings. The summed E-state index contributed by atoms with van der Waals surface area (Å²) >= 11 is 5.16. The first-order valence-corrected chi connectivity index (χ1v) is 8.08. The summed E-state index contributed by atoms with van der Waals surface area (Å²) < 4.78 is 0. The van der Waals surface area contributed by atoms with E-state index in [0.717, 1.165) is 6.42 Å². The van der Waals surface area contributed by atoms with Crippen LogP contribution in [0.3, 0.4) is 0 Å². The lowest BCUT2D eigenvalue weighted by Gasteiger charge is -2.19. The maximum absolute atomic E-state index is 12.3. The van der Waals surface area contributed by atoms with E-state index in [-0.39, 0.29) is 23.0 Å². The minimum Gasteiger partial charge on any atom is -0.350 e. The van der Waals surface area contributed by atoms with Gasteiger partial charge in [0.2, 0.25) is 5.91 Å². The molecule has 23 heavy (non-hydrogen) atoms. The average molecular weight is 335 g/mol. The molecule has 0 saturated heterocycles. The van der Waals surface area contributed by atoms with Gasteiger partial charge in [-0.05, 0) is 37.7 Å². The van der Waals surface area contributed by atoms with E-state index in [1.54, 1.807) is 45.0 Å². The summed E-state index contributed by atoms with van der Waals surface area (Å²) in [7, 11) is 0. The highest BCUT2D eigenvalue weighted by molar-refractivity contribution is 7.80. The zero-order valence-corrected chi connectivity index (χ0v) is 15.1. The third-order valence-electron chi connectivity index (χ3n) is 3.32. The lowest BCUT2D eigenvalue weighted by molar-refractivity contribution is -0.126. The smallest absolute Gasteiger partial charge is 0.253 e. The predicted molar refractivity (Wildman–Crippen MR) is 97.5 cm³/mol. The molecule has 0 spiro atoms. The molecule has 126 valence electrons. The van der Waals surface area contributed by atoms with Crippen molar-refractivity contribution in [2.75, 3.05) is 5.32 Å². The van der Waals surface area contributed by atoms with Crippen LogP contribution < -0.4 is 16.0 Å². The Kier molecular flexibility index (Phi) is 6.69. The fourth-order valence-electron chi connectivity index (χ4n) is 1.64. The third kappa shape index (κ3) is 5.98. The molecular formula is C17H25N3O2S. The SMILES string of the molecule is CCC(C)NC(=O)c1ccccc1NC(=S)NC(=O)C(C)(C)C. The van der Waals surface area contributed by atoms with Crippen LogP contribution in [-0.2, 0) is 4.79 Å². The summed E-state index contributed by atoms with van der Waals surface area (Å²) in [5.41, 5.74) is 0.506. The number of hydrogen-bond donors (Lipinski definition) is 3. The van der Waals surface area contributed by atoms with Gasteiger partial charge in [-0.25, -0.2) is 0 Å². The lowest BCUT2D eigenvalue weighted by atomic mass is 9.96. The number of carbonyl (C=O) groups is 2. The topological polar surface area (TPSA) is 70.2 Å². The summed E-state index contributed by atoms with van der Waals surface area (Å²) in [6, 6.07) is 7.14. The van der Waals surface area contributed by atoms with Gasteiger partial charge < -0.3 is 16.0 Å². The number of amides is 2. The van der Waals surface area contributed by atoms with Gasteiger partial charge in [0, 0.05) is 11.5 Å². The Labute approximate surface area is 143 Å². The van der Waals surface area contributed by atoms with Gasteiger partial charge in [0.05, 0.1) is 11.3 Å². The number of thiocarbonyl (C=S) groups is 1. The normalized spacial score (nSPS) is 12.2. The molecule has 1 atom stereocenters. The molecule has 0 aromatic heterocycles. The van der Waals surface area contributed by atoms with Crippen molar-refractivity contribution in [3.8, 4) is 0 Å². The van der Waals surface area contributed by atoms with Gasteiger partial charge in [-0.15, -0.1) is 0 Å². The van der Waals surface area contributed by atoms with Crippen molar-refractivity contribution in [1.82, 2.24) is 10.6 Å². The summed E-state index contributed by atoms with van der Waals surface area (Å²) in [6.07, 6.45) is 0.849. The van der Waals surface area contributed by atoms with E-state index in [9.17, 15) is 9.59 Å². The first-order chi connectivity index (χ1) is 10.6. The molecule has 0 aliphatic rings. The van der Waals surface area contributed by atoms with Crippen LogP contribution in [0.4, 0.5) is 5.69 Å². The highest BCUT2D eigenvalue weighted by Crippen LogP contribution is 2.16. The number of para-hydroxylation sites is 1. The van der Waals surface area contributed by atoms with Gasteiger partial charge in [-0.1, -0.05) is 39.8 Å². The summed E-state index contributed by atoms with van der Waals surface area (Å²) in [4.78, 5) is 24.3. The van der Waals surface area contributed by atoms with Crippen LogP contribution in [0, 0.1) is 5.41 Å². The molecule has 0 radical (unpaired) electrons. The van der Waals surface area contributed by atoms with E-state index in [0.29, 0.717) is 11.3 Å². The number of rotatable bonds is 4. The van der Waals surface area contributed by atoms with Crippen LogP contribution in [0.1, 0.15) is 51.4 Å². The highest BCUT2D eigenvalue weighted by atomic mass is 32.1. The minimum atomic E-state index is -0.542. The Morgan fingerprint density at radius 3 is 2.39 bits per heavy atom. The molecule has 0 aliphatic heterocycles. The van der Waals surface area contributed by atoms with E-state index in [1.165, 1.54) is 0 Å². The second-order valence-corrected chi connectivity index (χ2v) is 6.89. The van der Waals surface area contributed by atoms with E-state index < -0.39 is 5.41 Å². The van der Waals surface area contributed by atoms with Crippen molar-refractivity contribution in [3.63, 3.8) is 0 Å². The van der Waals surface area contributed by atoms with E-state index >= 15 is 0 Å². The van der Waals surface area contributed by atoms with Gasteiger partial charge in [0.1, 0.15) is 0 Å². The van der Waals surface area contributed by atoms with Crippen molar-refractivity contribution in [3.05, 3.63) is 29.8 Å². The molecule has 1 aromatic carbocycles. The molecular weight excluding hydrogens is 310 g/mol. The molecule has 2 amide bonds. The van der Waals surface area contributed by atoms with Gasteiger partial charge >= 0.3 is 0 Å². The predicted octanol–water partition coefficient (Wildman–Crippen LogP) is 3.07. The quantitative estimate of drug-likeness (QED) is 0.740. The summed E-state index contributed by atoms with van der Waals surface area (Å²) in [6.45, 7) is 9.36. The fourth-order valence-corrected chi connectivity index (χ4v) is 1.84. The molecule has 0 saturated carbocycles. The highest BCUT2D eigenvalue weighted by Gasteiger charge is 2.22. The van der Waals surface area contributed by atoms with Gasteiger partial charge in [0.15, 0.2) is 5.11 Å². The molecule has 1 rings (SSSR count). The number of carbonyl (C=O) groups excluding carboxylic acids is 2. The van der Waals surface area contributed by atoms with Gasteiger partial charge in [0.25, 0.3) is 5.91 Å². The third-order valence-corrected chi connectivity index (χ3v) is 3.52. The Hall–Kier alpha value is -1.95. The number of nitrogens with one attached hydrogen (secondary N) is 3. The number of hydrogen-bond acceptors (Lipinski definition) is 3. The first kappa shape index (κ1) is 19.1. The number of anilines is 1. The van der Waals surface area contributed by atoms with Crippen LogP contribution in [0.2, 0.25) is 0 Å². The zero-order chi connectivity index (χ0) is 17.6. The van der Waals surface area contributed by atoms with Crippen LogP contribution in [0.5, 0.6) is 0 Å². The summed E-state index contributed by atoms with van der Waals surface area (Å²) in [5.74, 6) is -0.357. The maximum atomic E-state index is 12.3. The molecule has 1 unspecified atom stereocenters. The lowest BCUT2D eigenvalue weighted by Crippen LogP contribution is -2.41. The average Bonchev–Trinajstić information content (AvgIpc) is 2.46. The largest absolute Gasteiger partial charge is 0.350 e. The molecule has 0 bridgehead atoms. The minimum absolute atomic E-state index is 0.0862. The Morgan fingerprint density at radius 2 is 1.83 bits per heavy atom. The molecule has 5 nitrogen and oxygen atoms in total. The zero-order valence-electron chi connectivity index (χ0n) is 14.3. The van der Waals surface area contributed by atoms with Crippen LogP contribution >= 0.6 is 12.2 Å². The van der Waals surface area contributed by atoms with E-state index in [4.69, 9.17) is 12.2 Å². The van der Waals surface area contributed by atoms with Crippen molar-refractivity contribution < 1.29 is 9.59 Å². The van der Waals surface area contributed by atoms with Crippen molar-refractivity contribution in [2.24, 2.45) is 5.41 Å². The second kappa shape index (κ2) is 8.06. The molecule has 0 aliphatic carbocycles. The van der Waals surface area contributed by atoms with Crippen LogP contribution in [0.25, 0.3) is 0 Å². The number of benzene rings is 1. The molecule has 6 heteroatoms. The Bertz CT molecular complexity index is 594. The van der Waals surface area contributed by atoms with Crippen LogP contribution in [0.15, 0.2) is 24.3 Å². The maximum Gasteiger partial charge on any atom is 0.253 e. The monoisotopic (exact) mass is 335 g/mol. The van der Waals surface area contributed by atoms with Gasteiger partial charge in [-0.3, -0.25) is 9.59 Å². The van der Waals surface area contributed by atoms with Crippen molar-refractivity contribution in [2.45, 2.75) is 47.1 Å². The summed E-state index contributed by atoms with van der Waals surface area (Å²) in [5, 5.41) is 8.65. The standard InChI is InChI=1S/C17H25N3O2S/c1-6-11(2)18-14(21)12-9-7-8-10-13(12)19-16(23)20-15(22)17(3,4)5/h7-11H,6H2,1-5H3,(H,18,21)(H2,19,20,22,23). The van der Waals surface area contributed by atoms with Crippen molar-refractivity contribution in [1.29, 1.82) is 0 Å². The Morgan fingerprint density at radius 1 is 1.22 bits per heavy atom. The molecule has 0 fully saturated rings. The Balaban J connectivity index is 2.83. The molecule has 3 N–H and O–H groups in total.